The molecule has 0 aliphatic carbocycles. The zero-order chi connectivity index (χ0) is 13.4. The number of hydrogen-bond acceptors (Lipinski definition) is 5. The fraction of sp³-hybridized carbons (Fsp3) is 0.429. The molecule has 0 radical (unpaired) electrons. The van der Waals surface area contributed by atoms with Crippen LogP contribution in [-0.4, -0.2) is 29.1 Å². The van der Waals surface area contributed by atoms with Crippen molar-refractivity contribution in [3.8, 4) is 0 Å². The van der Waals surface area contributed by atoms with Crippen molar-refractivity contribution in [1.29, 1.82) is 0 Å². The van der Waals surface area contributed by atoms with E-state index in [0.717, 1.165) is 53.4 Å². The van der Waals surface area contributed by atoms with E-state index in [2.05, 4.69) is 33.6 Å². The van der Waals surface area contributed by atoms with Gasteiger partial charge in [-0.25, -0.2) is 9.97 Å². The summed E-state index contributed by atoms with van der Waals surface area (Å²) >= 11 is 4.38. The van der Waals surface area contributed by atoms with Crippen molar-refractivity contribution >= 4 is 29.3 Å². The van der Waals surface area contributed by atoms with Crippen molar-refractivity contribution in [3.63, 3.8) is 0 Å². The second-order valence-electron chi connectivity index (χ2n) is 5.12. The molecule has 0 bridgehead atoms. The van der Waals surface area contributed by atoms with E-state index < -0.39 is 0 Å². The number of piperidine rings is 1. The van der Waals surface area contributed by atoms with Gasteiger partial charge in [0.15, 0.2) is 0 Å². The van der Waals surface area contributed by atoms with Crippen LogP contribution in [0.4, 0.5) is 5.82 Å². The summed E-state index contributed by atoms with van der Waals surface area (Å²) in [6, 6.07) is 6.37. The first-order valence-corrected chi connectivity index (χ1v) is 7.06. The maximum Gasteiger partial charge on any atom is 0.140 e. The molecule has 5 heteroatoms. The van der Waals surface area contributed by atoms with E-state index in [0.29, 0.717) is 6.04 Å². The highest BCUT2D eigenvalue weighted by Crippen LogP contribution is 2.27. The predicted molar refractivity (Wildman–Crippen MR) is 80.9 cm³/mol. The van der Waals surface area contributed by atoms with Crippen molar-refractivity contribution in [3.05, 3.63) is 24.0 Å². The zero-order valence-corrected chi connectivity index (χ0v) is 11.9. The van der Waals surface area contributed by atoms with E-state index in [1.54, 1.807) is 0 Å². The first-order valence-electron chi connectivity index (χ1n) is 6.61. The van der Waals surface area contributed by atoms with Crippen molar-refractivity contribution < 1.29 is 0 Å². The number of thiol groups is 1. The highest BCUT2D eigenvalue weighted by atomic mass is 32.1. The van der Waals surface area contributed by atoms with Gasteiger partial charge in [-0.2, -0.15) is 0 Å². The van der Waals surface area contributed by atoms with Gasteiger partial charge >= 0.3 is 0 Å². The number of fused-ring (bicyclic) bond motifs is 1. The minimum atomic E-state index is 0.328. The van der Waals surface area contributed by atoms with Crippen LogP contribution in [0, 0.1) is 6.92 Å². The van der Waals surface area contributed by atoms with E-state index in [9.17, 15) is 0 Å². The second kappa shape index (κ2) is 4.98. The molecule has 2 heterocycles. The fourth-order valence-electron chi connectivity index (χ4n) is 2.57. The number of aryl methyl sites for hydroxylation is 1. The number of nitrogens with two attached hydrogens (primary N) is 1. The molecule has 1 saturated heterocycles. The molecule has 0 atom stereocenters. The largest absolute Gasteiger partial charge is 0.356 e. The third-order valence-corrected chi connectivity index (χ3v) is 3.89. The van der Waals surface area contributed by atoms with E-state index in [1.165, 1.54) is 0 Å². The molecule has 1 fully saturated rings. The Bertz CT molecular complexity index is 600. The maximum atomic E-state index is 5.97. The topological polar surface area (TPSA) is 55.0 Å². The molecule has 0 amide bonds. The normalized spacial score (nSPS) is 17.1. The Morgan fingerprint density at radius 2 is 2.00 bits per heavy atom. The van der Waals surface area contributed by atoms with Crippen LogP contribution in [0.2, 0.25) is 0 Å². The zero-order valence-electron chi connectivity index (χ0n) is 11.0. The molecule has 19 heavy (non-hydrogen) atoms. The molecule has 1 aromatic carbocycles. The summed E-state index contributed by atoms with van der Waals surface area (Å²) in [7, 11) is 0. The smallest absolute Gasteiger partial charge is 0.140 e. The summed E-state index contributed by atoms with van der Waals surface area (Å²) in [6.45, 7) is 3.87. The van der Waals surface area contributed by atoms with Crippen LogP contribution in [-0.2, 0) is 0 Å². The lowest BCUT2D eigenvalue weighted by Gasteiger charge is -2.31. The van der Waals surface area contributed by atoms with Crippen LogP contribution < -0.4 is 10.6 Å². The first-order chi connectivity index (χ1) is 9.13. The summed E-state index contributed by atoms with van der Waals surface area (Å²) in [5, 5.41) is 1.10. The highest BCUT2D eigenvalue weighted by molar-refractivity contribution is 7.80. The predicted octanol–water partition coefficient (Wildman–Crippen LogP) is 2.15. The molecule has 1 aliphatic heterocycles. The van der Waals surface area contributed by atoms with Gasteiger partial charge in [0, 0.05) is 29.4 Å². The van der Waals surface area contributed by atoms with Crippen LogP contribution in [0.1, 0.15) is 18.7 Å². The summed E-state index contributed by atoms with van der Waals surface area (Å²) in [6.07, 6.45) is 2.05. The van der Waals surface area contributed by atoms with Gasteiger partial charge in [0.2, 0.25) is 0 Å². The third-order valence-electron chi connectivity index (χ3n) is 3.61. The number of anilines is 1. The molecule has 0 unspecified atom stereocenters. The molecule has 1 aromatic heterocycles. The molecule has 1 aliphatic rings. The van der Waals surface area contributed by atoms with E-state index in [1.807, 2.05) is 19.1 Å². The van der Waals surface area contributed by atoms with Gasteiger partial charge in [0.1, 0.15) is 11.6 Å². The van der Waals surface area contributed by atoms with E-state index >= 15 is 0 Å². The summed E-state index contributed by atoms with van der Waals surface area (Å²) < 4.78 is 0. The van der Waals surface area contributed by atoms with Gasteiger partial charge < -0.3 is 10.6 Å². The lowest BCUT2D eigenvalue weighted by molar-refractivity contribution is 0.499. The minimum absolute atomic E-state index is 0.328. The van der Waals surface area contributed by atoms with Crippen molar-refractivity contribution in [2.45, 2.75) is 30.7 Å². The molecule has 100 valence electrons. The monoisotopic (exact) mass is 274 g/mol. The molecule has 3 rings (SSSR count). The molecule has 2 N–H and O–H groups in total. The second-order valence-corrected chi connectivity index (χ2v) is 5.64. The van der Waals surface area contributed by atoms with Crippen LogP contribution >= 0.6 is 12.6 Å². The average Bonchev–Trinajstić information content (AvgIpc) is 2.38. The molecule has 2 aromatic rings. The van der Waals surface area contributed by atoms with Gasteiger partial charge in [0.25, 0.3) is 0 Å². The number of benzene rings is 1. The summed E-state index contributed by atoms with van der Waals surface area (Å²) in [5.41, 5.74) is 6.93. The molecule has 4 nitrogen and oxygen atoms in total. The van der Waals surface area contributed by atoms with Gasteiger partial charge in [-0.15, -0.1) is 12.6 Å². The lowest BCUT2D eigenvalue weighted by atomic mass is 10.1. The Hall–Kier alpha value is -1.33. The maximum absolute atomic E-state index is 5.97. The quantitative estimate of drug-likeness (QED) is 0.782. The van der Waals surface area contributed by atoms with Gasteiger partial charge in [0.05, 0.1) is 5.52 Å². The number of aromatic nitrogens is 2. The van der Waals surface area contributed by atoms with Crippen LogP contribution in [0.5, 0.6) is 0 Å². The molecular weight excluding hydrogens is 256 g/mol. The van der Waals surface area contributed by atoms with Gasteiger partial charge in [-0.3, -0.25) is 0 Å². The van der Waals surface area contributed by atoms with Gasteiger partial charge in [-0.1, -0.05) is 0 Å². The number of nitrogens with zero attached hydrogens (tertiary/aromatic N) is 3. The van der Waals surface area contributed by atoms with Gasteiger partial charge in [-0.05, 0) is 38.0 Å². The SMILES string of the molecule is Cc1nc(N2CCC(N)CC2)c2ccc(S)cc2n1. The highest BCUT2D eigenvalue weighted by Gasteiger charge is 2.19. The standard InChI is InChI=1S/C14H18N4S/c1-9-16-13-8-11(19)2-3-12(13)14(17-9)18-6-4-10(15)5-7-18/h2-3,8,10,19H,4-7,15H2,1H3. The molecule has 0 saturated carbocycles. The van der Waals surface area contributed by atoms with Crippen LogP contribution in [0.25, 0.3) is 10.9 Å². The first kappa shape index (κ1) is 12.7. The summed E-state index contributed by atoms with van der Waals surface area (Å²) in [5.74, 6) is 1.83. The fourth-order valence-corrected chi connectivity index (χ4v) is 2.76. The van der Waals surface area contributed by atoms with Crippen LogP contribution in [0.3, 0.4) is 0 Å². The number of rotatable bonds is 1. The van der Waals surface area contributed by atoms with Crippen LogP contribution in [0.15, 0.2) is 23.1 Å². The Morgan fingerprint density at radius 3 is 2.74 bits per heavy atom. The molecule has 0 spiro atoms. The Labute approximate surface area is 118 Å². The minimum Gasteiger partial charge on any atom is -0.356 e. The Morgan fingerprint density at radius 1 is 1.26 bits per heavy atom. The van der Waals surface area contributed by atoms with Crippen molar-refractivity contribution in [2.24, 2.45) is 5.73 Å². The number of hydrogen-bond donors (Lipinski definition) is 2. The van der Waals surface area contributed by atoms with Crippen molar-refractivity contribution in [1.82, 2.24) is 9.97 Å². The average molecular weight is 274 g/mol. The summed E-state index contributed by atoms with van der Waals surface area (Å²) in [4.78, 5) is 12.4. The van der Waals surface area contributed by atoms with E-state index in [-0.39, 0.29) is 0 Å². The third kappa shape index (κ3) is 2.53. The van der Waals surface area contributed by atoms with E-state index in [4.69, 9.17) is 5.73 Å². The Balaban J connectivity index is 2.07. The van der Waals surface area contributed by atoms with Crippen molar-refractivity contribution in [2.75, 3.05) is 18.0 Å². The Kier molecular flexibility index (Phi) is 3.33. The molecular formula is C14H18N4S. The lowest BCUT2D eigenvalue weighted by Crippen LogP contribution is -2.40.